The highest BCUT2D eigenvalue weighted by atomic mass is 32.1. The number of rotatable bonds is 5. The molecular formula is C18H17N2O3S-. The third-order valence-corrected chi connectivity index (χ3v) is 4.71. The minimum atomic E-state index is -1.23. The summed E-state index contributed by atoms with van der Waals surface area (Å²) < 4.78 is 0. The Kier molecular flexibility index (Phi) is 4.96. The number of anilines is 2. The molecule has 3 rings (SSSR count). The Morgan fingerprint density at radius 3 is 2.67 bits per heavy atom. The number of carboxylic acid groups (broad SMARTS) is 1. The number of hydrogen-bond acceptors (Lipinski definition) is 5. The molecule has 1 saturated heterocycles. The van der Waals surface area contributed by atoms with E-state index in [0.29, 0.717) is 11.4 Å². The number of carbonyl (C=O) groups is 2. The van der Waals surface area contributed by atoms with Crippen molar-refractivity contribution in [2.24, 2.45) is 0 Å². The summed E-state index contributed by atoms with van der Waals surface area (Å²) in [6, 6.07) is 8.73. The van der Waals surface area contributed by atoms with Crippen LogP contribution in [0.25, 0.3) is 6.08 Å². The van der Waals surface area contributed by atoms with E-state index in [2.05, 4.69) is 5.32 Å². The van der Waals surface area contributed by atoms with Gasteiger partial charge in [0, 0.05) is 41.0 Å². The van der Waals surface area contributed by atoms with Crippen molar-refractivity contribution in [2.45, 2.75) is 12.8 Å². The number of carbonyl (C=O) groups excluding carboxylic acids is 2. The molecule has 1 aliphatic heterocycles. The van der Waals surface area contributed by atoms with Crippen LogP contribution in [0.2, 0.25) is 0 Å². The zero-order valence-corrected chi connectivity index (χ0v) is 13.8. The first-order valence-corrected chi connectivity index (χ1v) is 8.64. The van der Waals surface area contributed by atoms with E-state index in [0.717, 1.165) is 30.8 Å². The molecule has 1 aromatic carbocycles. The van der Waals surface area contributed by atoms with Crippen LogP contribution in [0.3, 0.4) is 0 Å². The molecule has 2 aromatic rings. The number of aromatic carboxylic acids is 1. The Hall–Kier alpha value is -2.60. The molecule has 0 spiro atoms. The summed E-state index contributed by atoms with van der Waals surface area (Å²) in [4.78, 5) is 26.4. The van der Waals surface area contributed by atoms with Crippen LogP contribution in [0.1, 0.15) is 28.1 Å². The molecule has 0 bridgehead atoms. The molecule has 5 nitrogen and oxygen atoms in total. The van der Waals surface area contributed by atoms with E-state index in [4.69, 9.17) is 0 Å². The summed E-state index contributed by atoms with van der Waals surface area (Å²) >= 11 is 1.54. The van der Waals surface area contributed by atoms with Gasteiger partial charge in [-0.2, -0.15) is 0 Å². The normalized spacial score (nSPS) is 14.2. The fourth-order valence-corrected chi connectivity index (χ4v) is 3.36. The van der Waals surface area contributed by atoms with Crippen LogP contribution in [0, 0.1) is 0 Å². The number of nitrogens with zero attached hydrogens (tertiary/aromatic N) is 1. The predicted molar refractivity (Wildman–Crippen MR) is 94.2 cm³/mol. The van der Waals surface area contributed by atoms with Gasteiger partial charge in [0.05, 0.1) is 5.97 Å². The summed E-state index contributed by atoms with van der Waals surface area (Å²) in [6.45, 7) is 1.69. The Morgan fingerprint density at radius 2 is 2.00 bits per heavy atom. The van der Waals surface area contributed by atoms with Crippen molar-refractivity contribution < 1.29 is 14.7 Å². The average Bonchev–Trinajstić information content (AvgIpc) is 3.26. The standard InChI is InChI=1S/C18H18N2O3S/c21-17(8-6-14-4-3-11-24-14)19-13-5-7-16(15(12-13)18(22)23)20-9-1-2-10-20/h3-8,11-12H,1-2,9-10H2,(H,19,21)(H,22,23)/p-1/b8-6+. The SMILES string of the molecule is O=C(/C=C/c1cccs1)Nc1ccc(N2CCCC2)c(C(=O)[O-])c1. The molecular weight excluding hydrogens is 324 g/mol. The van der Waals surface area contributed by atoms with Crippen LogP contribution in [-0.4, -0.2) is 25.0 Å². The molecule has 1 N–H and O–H groups in total. The highest BCUT2D eigenvalue weighted by molar-refractivity contribution is 7.10. The Morgan fingerprint density at radius 1 is 1.21 bits per heavy atom. The van der Waals surface area contributed by atoms with Crippen LogP contribution in [0.15, 0.2) is 41.8 Å². The highest BCUT2D eigenvalue weighted by Crippen LogP contribution is 2.27. The third-order valence-electron chi connectivity index (χ3n) is 3.87. The maximum Gasteiger partial charge on any atom is 0.248 e. The highest BCUT2D eigenvalue weighted by Gasteiger charge is 2.16. The number of amides is 1. The van der Waals surface area contributed by atoms with E-state index < -0.39 is 5.97 Å². The van der Waals surface area contributed by atoms with Crippen LogP contribution in [-0.2, 0) is 4.79 Å². The maximum atomic E-state index is 12.0. The Bertz CT molecular complexity index is 763. The molecule has 1 aliphatic rings. The van der Waals surface area contributed by atoms with E-state index in [9.17, 15) is 14.7 Å². The van der Waals surface area contributed by atoms with Gasteiger partial charge in [0.1, 0.15) is 0 Å². The molecule has 0 atom stereocenters. The Balaban J connectivity index is 1.75. The van der Waals surface area contributed by atoms with Crippen molar-refractivity contribution >= 4 is 40.7 Å². The molecule has 0 aliphatic carbocycles. The monoisotopic (exact) mass is 341 g/mol. The fraction of sp³-hybridized carbons (Fsp3) is 0.222. The lowest BCUT2D eigenvalue weighted by atomic mass is 10.1. The second-order valence-corrected chi connectivity index (χ2v) is 6.53. The first-order valence-electron chi connectivity index (χ1n) is 7.76. The summed E-state index contributed by atoms with van der Waals surface area (Å²) in [5, 5.41) is 16.1. The summed E-state index contributed by atoms with van der Waals surface area (Å²) in [6.07, 6.45) is 5.26. The van der Waals surface area contributed by atoms with E-state index in [1.807, 2.05) is 22.4 Å². The first kappa shape index (κ1) is 16.3. The molecule has 1 fully saturated rings. The molecule has 1 amide bonds. The van der Waals surface area contributed by atoms with Gasteiger partial charge in [-0.3, -0.25) is 4.79 Å². The lowest BCUT2D eigenvalue weighted by Gasteiger charge is -2.22. The van der Waals surface area contributed by atoms with Gasteiger partial charge in [-0.15, -0.1) is 11.3 Å². The second-order valence-electron chi connectivity index (χ2n) is 5.55. The molecule has 2 heterocycles. The van der Waals surface area contributed by atoms with Gasteiger partial charge >= 0.3 is 0 Å². The quantitative estimate of drug-likeness (QED) is 0.848. The second kappa shape index (κ2) is 7.31. The van der Waals surface area contributed by atoms with Crippen LogP contribution >= 0.6 is 11.3 Å². The first-order chi connectivity index (χ1) is 11.6. The fourth-order valence-electron chi connectivity index (χ4n) is 2.74. The lowest BCUT2D eigenvalue weighted by Crippen LogP contribution is -2.27. The number of hydrogen-bond donors (Lipinski definition) is 1. The summed E-state index contributed by atoms with van der Waals surface area (Å²) in [7, 11) is 0. The van der Waals surface area contributed by atoms with Crippen molar-refractivity contribution in [3.05, 3.63) is 52.2 Å². The third kappa shape index (κ3) is 3.83. The van der Waals surface area contributed by atoms with Gasteiger partial charge in [-0.05, 0) is 48.6 Å². The van der Waals surface area contributed by atoms with Crippen LogP contribution < -0.4 is 15.3 Å². The molecule has 0 radical (unpaired) electrons. The van der Waals surface area contributed by atoms with Gasteiger partial charge in [0.2, 0.25) is 5.91 Å². The van der Waals surface area contributed by atoms with Crippen LogP contribution in [0.4, 0.5) is 11.4 Å². The molecule has 0 saturated carbocycles. The maximum absolute atomic E-state index is 12.0. The molecule has 0 unspecified atom stereocenters. The van der Waals surface area contributed by atoms with Crippen molar-refractivity contribution in [3.8, 4) is 0 Å². The number of nitrogens with one attached hydrogen (secondary N) is 1. The lowest BCUT2D eigenvalue weighted by molar-refractivity contribution is -0.254. The summed E-state index contributed by atoms with van der Waals surface area (Å²) in [5.74, 6) is -1.54. The average molecular weight is 341 g/mol. The Labute approximate surface area is 144 Å². The van der Waals surface area contributed by atoms with Crippen LogP contribution in [0.5, 0.6) is 0 Å². The number of thiophene rings is 1. The van der Waals surface area contributed by atoms with Gasteiger partial charge in [0.25, 0.3) is 0 Å². The smallest absolute Gasteiger partial charge is 0.248 e. The molecule has 24 heavy (non-hydrogen) atoms. The minimum absolute atomic E-state index is 0.108. The van der Waals surface area contributed by atoms with Crippen molar-refractivity contribution in [1.82, 2.24) is 0 Å². The predicted octanol–water partition coefficient (Wildman–Crippen LogP) is 2.36. The zero-order chi connectivity index (χ0) is 16.9. The van der Waals surface area contributed by atoms with E-state index in [-0.39, 0.29) is 11.5 Å². The van der Waals surface area contributed by atoms with Crippen molar-refractivity contribution in [1.29, 1.82) is 0 Å². The van der Waals surface area contributed by atoms with E-state index >= 15 is 0 Å². The van der Waals surface area contributed by atoms with Crippen molar-refractivity contribution in [2.75, 3.05) is 23.3 Å². The van der Waals surface area contributed by atoms with Crippen molar-refractivity contribution in [3.63, 3.8) is 0 Å². The minimum Gasteiger partial charge on any atom is -0.545 e. The molecule has 124 valence electrons. The van der Waals surface area contributed by atoms with Gasteiger partial charge in [-0.25, -0.2) is 0 Å². The van der Waals surface area contributed by atoms with Gasteiger partial charge in [-0.1, -0.05) is 6.07 Å². The number of carboxylic acids is 1. The summed E-state index contributed by atoms with van der Waals surface area (Å²) in [5.41, 5.74) is 1.20. The molecule has 6 heteroatoms. The van der Waals surface area contributed by atoms with Gasteiger partial charge < -0.3 is 20.1 Å². The molecule has 1 aromatic heterocycles. The topological polar surface area (TPSA) is 72.5 Å². The van der Waals surface area contributed by atoms with E-state index in [1.165, 1.54) is 23.5 Å². The number of benzene rings is 1. The largest absolute Gasteiger partial charge is 0.545 e. The zero-order valence-electron chi connectivity index (χ0n) is 13.0. The van der Waals surface area contributed by atoms with E-state index in [1.54, 1.807) is 18.2 Å². The van der Waals surface area contributed by atoms with Gasteiger partial charge in [0.15, 0.2) is 0 Å².